The number of carboxylic acids is 1. The number of aliphatic hydroxyl groups excluding tert-OH is 2. The summed E-state index contributed by atoms with van der Waals surface area (Å²) in [5.74, 6) is -3.15. The SMILES string of the molecule is CC/C=C\C/C=C\C/C=C\CCCCCCCCCC(=O)OC(COC(=O)CCCCCCCC/C=C\C/C=C\C/C=C\CCCCC)COC1OC(C(=O)O)C(O)C(O)C1OC(=O)CCCCCCC/C=C\CCCCCCCC. The van der Waals surface area contributed by atoms with Crippen molar-refractivity contribution in [3.05, 3.63) is 85.1 Å². The Kier molecular flexibility index (Phi) is 52.1. The van der Waals surface area contributed by atoms with Crippen LogP contribution in [0.25, 0.3) is 0 Å². The van der Waals surface area contributed by atoms with Gasteiger partial charge < -0.3 is 39.0 Å². The molecule has 1 saturated heterocycles. The van der Waals surface area contributed by atoms with Gasteiger partial charge in [0.2, 0.25) is 0 Å². The molecular weight excluding hydrogens is 1020 g/mol. The van der Waals surface area contributed by atoms with Crippen LogP contribution in [0.4, 0.5) is 0 Å². The minimum atomic E-state index is -1.91. The Bertz CT molecular complexity index is 1730. The molecule has 0 bridgehead atoms. The highest BCUT2D eigenvalue weighted by Crippen LogP contribution is 2.26. The maximum absolute atomic E-state index is 13.2. The lowest BCUT2D eigenvalue weighted by atomic mass is 9.98. The van der Waals surface area contributed by atoms with Crippen molar-refractivity contribution in [3.63, 3.8) is 0 Å². The second kappa shape index (κ2) is 56.4. The van der Waals surface area contributed by atoms with Crippen LogP contribution >= 0.6 is 0 Å². The van der Waals surface area contributed by atoms with Crippen LogP contribution in [0.5, 0.6) is 0 Å². The second-order valence-electron chi connectivity index (χ2n) is 22.0. The molecule has 1 aliphatic rings. The number of ether oxygens (including phenoxy) is 5. The summed E-state index contributed by atoms with van der Waals surface area (Å²) in [6.45, 7) is 5.85. The number of aliphatic hydroxyl groups is 2. The molecule has 6 unspecified atom stereocenters. The van der Waals surface area contributed by atoms with Crippen LogP contribution in [0.3, 0.4) is 0 Å². The number of rotatable bonds is 55. The number of aliphatic carboxylic acids is 1. The Hall–Kier alpha value is -4.10. The van der Waals surface area contributed by atoms with Crippen LogP contribution in [-0.4, -0.2) is 89.2 Å². The average Bonchev–Trinajstić information content (AvgIpc) is 3.52. The third-order valence-electron chi connectivity index (χ3n) is 14.4. The van der Waals surface area contributed by atoms with Gasteiger partial charge in [0.1, 0.15) is 18.8 Å². The number of carbonyl (C=O) groups is 4. The Morgan fingerprint density at radius 3 is 1.22 bits per heavy atom. The topological polar surface area (TPSA) is 175 Å². The molecule has 464 valence electrons. The molecule has 12 nitrogen and oxygen atoms in total. The van der Waals surface area contributed by atoms with Gasteiger partial charge in [-0.15, -0.1) is 0 Å². The summed E-state index contributed by atoms with van der Waals surface area (Å²) >= 11 is 0. The normalized spacial score (nSPS) is 18.3. The molecule has 0 saturated carbocycles. The third-order valence-corrected chi connectivity index (χ3v) is 14.4. The number of hydrogen-bond acceptors (Lipinski definition) is 11. The quantitative estimate of drug-likeness (QED) is 0.0228. The number of unbranched alkanes of at least 4 members (excludes halogenated alkanes) is 27. The highest BCUT2D eigenvalue weighted by atomic mass is 16.7. The zero-order valence-electron chi connectivity index (χ0n) is 51.3. The standard InChI is InChI=1S/C69H116O12/c1-4-7-10-13-16-19-22-25-28-30-31-33-35-37-40-43-46-49-52-55-61(70)77-58-60(79-62(71)56-53-50-47-44-41-39-36-32-29-26-23-20-17-14-11-8-5-2)59-78-69-67(65(74)64(73)66(81-69)68(75)76)80-63(72)57-54-51-48-45-42-38-34-27-24-21-18-15-12-9-6-3/h8,11,16-17,19-20,25-29,31,33-34,60,64-67,69,73-74H,4-7,9-10,12-15,18,21-24,30,32,35-59H2,1-3H3,(H,75,76)/b11-8-,19-16-,20-17-,28-25-,29-26-,33-31-,34-27-. The molecule has 0 amide bonds. The van der Waals surface area contributed by atoms with E-state index in [2.05, 4.69) is 106 Å². The predicted octanol–water partition coefficient (Wildman–Crippen LogP) is 17.5. The molecule has 1 fully saturated rings. The van der Waals surface area contributed by atoms with Crippen molar-refractivity contribution in [3.8, 4) is 0 Å². The van der Waals surface area contributed by atoms with E-state index in [9.17, 15) is 34.5 Å². The van der Waals surface area contributed by atoms with E-state index in [0.29, 0.717) is 19.3 Å². The van der Waals surface area contributed by atoms with Gasteiger partial charge in [-0.3, -0.25) is 14.4 Å². The molecular formula is C69H116O12. The Balaban J connectivity index is 2.68. The molecule has 0 spiro atoms. The summed E-state index contributed by atoms with van der Waals surface area (Å²) in [5.41, 5.74) is 0. The minimum Gasteiger partial charge on any atom is -0.479 e. The first-order chi connectivity index (χ1) is 39.6. The number of carboxylic acid groups (broad SMARTS) is 1. The molecule has 12 heteroatoms. The minimum absolute atomic E-state index is 0.0459. The number of esters is 3. The van der Waals surface area contributed by atoms with Crippen molar-refractivity contribution < 1.29 is 58.2 Å². The molecule has 3 N–H and O–H groups in total. The van der Waals surface area contributed by atoms with Crippen LogP contribution in [-0.2, 0) is 42.9 Å². The fraction of sp³-hybridized carbons (Fsp3) is 0.739. The van der Waals surface area contributed by atoms with Crippen LogP contribution in [0.1, 0.15) is 278 Å². The zero-order chi connectivity index (χ0) is 58.9. The van der Waals surface area contributed by atoms with Crippen molar-refractivity contribution in [1.29, 1.82) is 0 Å². The highest BCUT2D eigenvalue weighted by Gasteiger charge is 2.50. The molecule has 6 atom stereocenters. The lowest BCUT2D eigenvalue weighted by molar-refractivity contribution is -0.301. The van der Waals surface area contributed by atoms with Crippen LogP contribution < -0.4 is 0 Å². The van der Waals surface area contributed by atoms with Crippen LogP contribution in [0.15, 0.2) is 85.1 Å². The van der Waals surface area contributed by atoms with Crippen LogP contribution in [0, 0.1) is 0 Å². The van der Waals surface area contributed by atoms with Gasteiger partial charge in [0, 0.05) is 19.3 Å². The smallest absolute Gasteiger partial charge is 0.335 e. The van der Waals surface area contributed by atoms with E-state index in [0.717, 1.165) is 154 Å². The monoisotopic (exact) mass is 1140 g/mol. The molecule has 0 radical (unpaired) electrons. The number of allylic oxidation sites excluding steroid dienone is 14. The van der Waals surface area contributed by atoms with E-state index in [4.69, 9.17) is 23.7 Å². The average molecular weight is 1140 g/mol. The lowest BCUT2D eigenvalue weighted by Gasteiger charge is -2.40. The van der Waals surface area contributed by atoms with Gasteiger partial charge in [-0.25, -0.2) is 4.79 Å². The number of hydrogen-bond donors (Lipinski definition) is 3. The fourth-order valence-electron chi connectivity index (χ4n) is 9.44. The van der Waals surface area contributed by atoms with Crippen molar-refractivity contribution >= 4 is 23.9 Å². The summed E-state index contributed by atoms with van der Waals surface area (Å²) in [6.07, 6.45) is 61.0. The van der Waals surface area contributed by atoms with Crippen molar-refractivity contribution in [2.75, 3.05) is 13.2 Å². The van der Waals surface area contributed by atoms with Crippen molar-refractivity contribution in [1.82, 2.24) is 0 Å². The summed E-state index contributed by atoms with van der Waals surface area (Å²) < 4.78 is 28.5. The first kappa shape index (κ1) is 74.9. The zero-order valence-corrected chi connectivity index (χ0v) is 51.3. The van der Waals surface area contributed by atoms with E-state index >= 15 is 0 Å². The molecule has 0 aliphatic carbocycles. The van der Waals surface area contributed by atoms with Crippen molar-refractivity contribution in [2.45, 2.75) is 314 Å². The molecule has 0 aromatic carbocycles. The lowest BCUT2D eigenvalue weighted by Crippen LogP contribution is -2.61. The van der Waals surface area contributed by atoms with Crippen LogP contribution in [0.2, 0.25) is 0 Å². The first-order valence-corrected chi connectivity index (χ1v) is 32.6. The van der Waals surface area contributed by atoms with Gasteiger partial charge in [-0.05, 0) is 116 Å². The van der Waals surface area contributed by atoms with Gasteiger partial charge in [0.05, 0.1) is 6.61 Å². The summed E-state index contributed by atoms with van der Waals surface area (Å²) in [4.78, 5) is 51.3. The van der Waals surface area contributed by atoms with E-state index in [1.54, 1.807) is 0 Å². The Morgan fingerprint density at radius 2 is 0.778 bits per heavy atom. The largest absolute Gasteiger partial charge is 0.479 e. The fourth-order valence-corrected chi connectivity index (χ4v) is 9.44. The van der Waals surface area contributed by atoms with E-state index in [-0.39, 0.29) is 25.9 Å². The predicted molar refractivity (Wildman–Crippen MR) is 331 cm³/mol. The van der Waals surface area contributed by atoms with E-state index < -0.39 is 67.3 Å². The van der Waals surface area contributed by atoms with Gasteiger partial charge in [0.25, 0.3) is 0 Å². The molecule has 1 heterocycles. The first-order valence-electron chi connectivity index (χ1n) is 32.6. The maximum Gasteiger partial charge on any atom is 0.335 e. The maximum atomic E-state index is 13.2. The molecule has 1 aliphatic heterocycles. The Labute approximate surface area is 492 Å². The summed E-state index contributed by atoms with van der Waals surface area (Å²) in [7, 11) is 0. The summed E-state index contributed by atoms with van der Waals surface area (Å²) in [6, 6.07) is 0. The molecule has 1 rings (SSSR count). The molecule has 0 aromatic rings. The van der Waals surface area contributed by atoms with Gasteiger partial charge in [-0.2, -0.15) is 0 Å². The highest BCUT2D eigenvalue weighted by molar-refractivity contribution is 5.74. The second-order valence-corrected chi connectivity index (χ2v) is 22.0. The Morgan fingerprint density at radius 1 is 0.420 bits per heavy atom. The molecule has 81 heavy (non-hydrogen) atoms. The third kappa shape index (κ3) is 46.0. The van der Waals surface area contributed by atoms with Gasteiger partial charge >= 0.3 is 23.9 Å². The van der Waals surface area contributed by atoms with Gasteiger partial charge in [-0.1, -0.05) is 228 Å². The summed E-state index contributed by atoms with van der Waals surface area (Å²) in [5, 5.41) is 31.6. The van der Waals surface area contributed by atoms with Crippen molar-refractivity contribution in [2.24, 2.45) is 0 Å². The van der Waals surface area contributed by atoms with E-state index in [1.165, 1.54) is 64.2 Å². The van der Waals surface area contributed by atoms with Gasteiger partial charge in [0.15, 0.2) is 24.6 Å². The van der Waals surface area contributed by atoms with E-state index in [1.807, 2.05) is 0 Å². The molecule has 0 aromatic heterocycles. The number of carbonyl (C=O) groups excluding carboxylic acids is 3.